The summed E-state index contributed by atoms with van der Waals surface area (Å²) in [4.78, 5) is 9.92. The fourth-order valence-electron chi connectivity index (χ4n) is 2.40. The van der Waals surface area contributed by atoms with Crippen molar-refractivity contribution in [2.75, 3.05) is 14.2 Å². The van der Waals surface area contributed by atoms with Gasteiger partial charge < -0.3 is 9.47 Å². The predicted octanol–water partition coefficient (Wildman–Crippen LogP) is 2.44. The fourth-order valence-corrected chi connectivity index (χ4v) is 2.40. The first-order valence-corrected chi connectivity index (χ1v) is 5.75. The lowest BCUT2D eigenvalue weighted by Crippen LogP contribution is -1.98. The van der Waals surface area contributed by atoms with Gasteiger partial charge in [0.15, 0.2) is 11.5 Å². The molecule has 0 saturated carbocycles. The lowest BCUT2D eigenvalue weighted by molar-refractivity contribution is -0.400. The van der Waals surface area contributed by atoms with Gasteiger partial charge in [-0.2, -0.15) is 0 Å². The summed E-state index contributed by atoms with van der Waals surface area (Å²) < 4.78 is 10.7. The van der Waals surface area contributed by atoms with Crippen LogP contribution in [0.5, 0.6) is 11.5 Å². The van der Waals surface area contributed by atoms with Gasteiger partial charge in [-0.25, -0.2) is 0 Å². The SMILES string of the molecule is COc1c(C=C[N+](=O)[O-])cc2c(c1OC)CCC2. The van der Waals surface area contributed by atoms with Gasteiger partial charge >= 0.3 is 0 Å². The molecule has 96 valence electrons. The Kier molecular flexibility index (Phi) is 3.50. The fraction of sp³-hybridized carbons (Fsp3) is 0.385. The Morgan fingerprint density at radius 3 is 2.61 bits per heavy atom. The zero-order valence-corrected chi connectivity index (χ0v) is 10.4. The van der Waals surface area contributed by atoms with Crippen molar-refractivity contribution in [2.24, 2.45) is 0 Å². The molecule has 0 radical (unpaired) electrons. The van der Waals surface area contributed by atoms with E-state index in [1.165, 1.54) is 11.6 Å². The van der Waals surface area contributed by atoms with Crippen molar-refractivity contribution in [1.82, 2.24) is 0 Å². The van der Waals surface area contributed by atoms with Crippen LogP contribution in [0.25, 0.3) is 6.08 Å². The summed E-state index contributed by atoms with van der Waals surface area (Å²) in [5.74, 6) is 1.27. The highest BCUT2D eigenvalue weighted by atomic mass is 16.6. The van der Waals surface area contributed by atoms with Crippen LogP contribution in [0.1, 0.15) is 23.1 Å². The molecule has 1 aromatic carbocycles. The molecule has 0 unspecified atom stereocenters. The summed E-state index contributed by atoms with van der Waals surface area (Å²) in [6.07, 6.45) is 5.39. The van der Waals surface area contributed by atoms with Crippen molar-refractivity contribution in [1.29, 1.82) is 0 Å². The van der Waals surface area contributed by atoms with Crippen LogP contribution in [0.3, 0.4) is 0 Å². The molecular weight excluding hydrogens is 234 g/mol. The van der Waals surface area contributed by atoms with Crippen molar-refractivity contribution >= 4 is 6.08 Å². The van der Waals surface area contributed by atoms with Gasteiger partial charge in [0.1, 0.15) is 0 Å². The Labute approximate surface area is 105 Å². The van der Waals surface area contributed by atoms with Gasteiger partial charge in [-0.05, 0) is 30.9 Å². The van der Waals surface area contributed by atoms with Gasteiger partial charge in [-0.15, -0.1) is 0 Å². The Bertz CT molecular complexity index is 508. The van der Waals surface area contributed by atoms with Crippen LogP contribution in [-0.4, -0.2) is 19.1 Å². The van der Waals surface area contributed by atoms with Crippen LogP contribution in [0, 0.1) is 10.1 Å². The number of nitro groups is 1. The van der Waals surface area contributed by atoms with Crippen molar-refractivity contribution in [3.63, 3.8) is 0 Å². The average Bonchev–Trinajstić information content (AvgIpc) is 2.81. The number of benzene rings is 1. The Morgan fingerprint density at radius 2 is 2.00 bits per heavy atom. The number of hydrogen-bond donors (Lipinski definition) is 0. The highest BCUT2D eigenvalue weighted by Crippen LogP contribution is 2.41. The molecule has 18 heavy (non-hydrogen) atoms. The van der Waals surface area contributed by atoms with E-state index in [-0.39, 0.29) is 0 Å². The van der Waals surface area contributed by atoms with E-state index >= 15 is 0 Å². The highest BCUT2D eigenvalue weighted by Gasteiger charge is 2.22. The molecule has 0 N–H and O–H groups in total. The van der Waals surface area contributed by atoms with Gasteiger partial charge in [-0.1, -0.05) is 0 Å². The highest BCUT2D eigenvalue weighted by molar-refractivity contribution is 5.67. The zero-order chi connectivity index (χ0) is 13.1. The van der Waals surface area contributed by atoms with Crippen LogP contribution in [-0.2, 0) is 12.8 Å². The average molecular weight is 249 g/mol. The second kappa shape index (κ2) is 5.08. The lowest BCUT2D eigenvalue weighted by Gasteiger charge is -2.14. The summed E-state index contributed by atoms with van der Waals surface area (Å²) in [5, 5.41) is 10.4. The minimum atomic E-state index is -0.487. The standard InChI is InChI=1S/C13H15NO4/c1-17-12-10(6-7-14(15)16)8-9-4-3-5-11(9)13(12)18-2/h6-8H,3-5H2,1-2H3. The first kappa shape index (κ1) is 12.4. The Morgan fingerprint density at radius 1 is 1.28 bits per heavy atom. The third-order valence-electron chi connectivity index (χ3n) is 3.12. The maximum Gasteiger partial charge on any atom is 0.235 e. The van der Waals surface area contributed by atoms with Crippen molar-refractivity contribution < 1.29 is 14.4 Å². The Balaban J connectivity index is 2.55. The molecule has 1 aromatic rings. The second-order valence-electron chi connectivity index (χ2n) is 4.12. The molecule has 0 atom stereocenters. The second-order valence-corrected chi connectivity index (χ2v) is 4.12. The molecule has 0 saturated heterocycles. The molecule has 0 bridgehead atoms. The normalized spacial score (nSPS) is 13.7. The number of ether oxygens (including phenoxy) is 2. The van der Waals surface area contributed by atoms with Crippen molar-refractivity contribution in [2.45, 2.75) is 19.3 Å². The smallest absolute Gasteiger partial charge is 0.235 e. The number of methoxy groups -OCH3 is 2. The molecule has 0 aromatic heterocycles. The van der Waals surface area contributed by atoms with E-state index in [2.05, 4.69) is 0 Å². The van der Waals surface area contributed by atoms with Crippen LogP contribution in [0.15, 0.2) is 12.3 Å². The number of hydrogen-bond acceptors (Lipinski definition) is 4. The van der Waals surface area contributed by atoms with E-state index in [1.54, 1.807) is 14.2 Å². The first-order chi connectivity index (χ1) is 8.67. The summed E-state index contributed by atoms with van der Waals surface area (Å²) in [7, 11) is 3.14. The third kappa shape index (κ3) is 2.16. The van der Waals surface area contributed by atoms with E-state index in [1.807, 2.05) is 6.07 Å². The molecular formula is C13H15NO4. The van der Waals surface area contributed by atoms with Crippen molar-refractivity contribution in [3.8, 4) is 11.5 Å². The van der Waals surface area contributed by atoms with Gasteiger partial charge in [0.2, 0.25) is 6.20 Å². The van der Waals surface area contributed by atoms with Crippen LogP contribution in [0.4, 0.5) is 0 Å². The molecule has 1 aliphatic carbocycles. The molecule has 2 rings (SSSR count). The molecule has 0 aliphatic heterocycles. The molecule has 0 amide bonds. The maximum atomic E-state index is 10.4. The van der Waals surface area contributed by atoms with Gasteiger partial charge in [0.05, 0.1) is 19.1 Å². The zero-order valence-electron chi connectivity index (χ0n) is 10.4. The van der Waals surface area contributed by atoms with Crippen LogP contribution < -0.4 is 9.47 Å². The minimum absolute atomic E-state index is 0.487. The number of aryl methyl sites for hydroxylation is 1. The van der Waals surface area contributed by atoms with Crippen LogP contribution in [0.2, 0.25) is 0 Å². The molecule has 1 aliphatic rings. The van der Waals surface area contributed by atoms with Gasteiger partial charge in [0, 0.05) is 17.2 Å². The largest absolute Gasteiger partial charge is 0.493 e. The quantitative estimate of drug-likeness (QED) is 0.607. The van der Waals surface area contributed by atoms with E-state index in [0.29, 0.717) is 17.1 Å². The topological polar surface area (TPSA) is 61.6 Å². The van der Waals surface area contributed by atoms with Gasteiger partial charge in [0.25, 0.3) is 0 Å². The molecule has 0 heterocycles. The van der Waals surface area contributed by atoms with E-state index in [9.17, 15) is 10.1 Å². The number of rotatable bonds is 4. The van der Waals surface area contributed by atoms with E-state index in [0.717, 1.165) is 31.0 Å². The van der Waals surface area contributed by atoms with Crippen LogP contribution >= 0.6 is 0 Å². The first-order valence-electron chi connectivity index (χ1n) is 5.75. The van der Waals surface area contributed by atoms with Gasteiger partial charge in [-0.3, -0.25) is 10.1 Å². The number of fused-ring (bicyclic) bond motifs is 1. The monoisotopic (exact) mass is 249 g/mol. The number of nitrogens with zero attached hydrogens (tertiary/aromatic N) is 1. The van der Waals surface area contributed by atoms with Crippen molar-refractivity contribution in [3.05, 3.63) is 39.1 Å². The summed E-state index contributed by atoms with van der Waals surface area (Å²) in [5.41, 5.74) is 3.04. The molecule has 0 fully saturated rings. The predicted molar refractivity (Wildman–Crippen MR) is 67.6 cm³/mol. The third-order valence-corrected chi connectivity index (χ3v) is 3.12. The summed E-state index contributed by atoms with van der Waals surface area (Å²) in [6.45, 7) is 0. The summed E-state index contributed by atoms with van der Waals surface area (Å²) in [6, 6.07) is 1.95. The molecule has 0 spiro atoms. The lowest BCUT2D eigenvalue weighted by atomic mass is 10.0. The van der Waals surface area contributed by atoms with E-state index < -0.39 is 4.92 Å². The minimum Gasteiger partial charge on any atom is -0.493 e. The molecule has 5 heteroatoms. The molecule has 5 nitrogen and oxygen atoms in total. The van der Waals surface area contributed by atoms with E-state index in [4.69, 9.17) is 9.47 Å². The maximum absolute atomic E-state index is 10.4. The summed E-state index contributed by atoms with van der Waals surface area (Å²) >= 11 is 0. The Hall–Kier alpha value is -2.04.